The van der Waals surface area contributed by atoms with Crippen LogP contribution in [0.3, 0.4) is 0 Å². The number of hydrogen-bond acceptors (Lipinski definition) is 3. The van der Waals surface area contributed by atoms with Crippen molar-refractivity contribution in [2.24, 2.45) is 0 Å². The van der Waals surface area contributed by atoms with Gasteiger partial charge in [-0.05, 0) is 25.0 Å². The Morgan fingerprint density at radius 1 is 1.41 bits per heavy atom. The molecule has 0 saturated heterocycles. The Hall–Kier alpha value is -0.970. The van der Waals surface area contributed by atoms with Crippen molar-refractivity contribution in [2.75, 3.05) is 20.3 Å². The molecule has 1 aromatic carbocycles. The van der Waals surface area contributed by atoms with Crippen LogP contribution in [0.15, 0.2) is 24.3 Å². The molecule has 2 unspecified atom stereocenters. The summed E-state index contributed by atoms with van der Waals surface area (Å²) in [5.74, 6) is -0.182. The highest BCUT2D eigenvalue weighted by molar-refractivity contribution is 5.18. The second-order valence-electron chi connectivity index (χ2n) is 4.21. The molecule has 0 aliphatic carbocycles. The summed E-state index contributed by atoms with van der Waals surface area (Å²) in [4.78, 5) is 0. The molecule has 4 heteroatoms. The molecule has 0 amide bonds. The fourth-order valence-corrected chi connectivity index (χ4v) is 1.65. The van der Waals surface area contributed by atoms with Crippen LogP contribution in [0.1, 0.15) is 12.5 Å². The minimum absolute atomic E-state index is 0.110. The predicted molar refractivity (Wildman–Crippen MR) is 65.5 cm³/mol. The van der Waals surface area contributed by atoms with Gasteiger partial charge in [-0.2, -0.15) is 0 Å². The molecule has 0 aliphatic heterocycles. The lowest BCUT2D eigenvalue weighted by atomic mass is 10.1. The maximum absolute atomic E-state index is 13.4. The van der Waals surface area contributed by atoms with Gasteiger partial charge >= 0.3 is 0 Å². The molecule has 0 fully saturated rings. The van der Waals surface area contributed by atoms with Crippen molar-refractivity contribution in [3.63, 3.8) is 0 Å². The van der Waals surface area contributed by atoms with Crippen LogP contribution in [0, 0.1) is 5.82 Å². The molecule has 0 heterocycles. The Balaban J connectivity index is 2.34. The van der Waals surface area contributed by atoms with Gasteiger partial charge in [0.1, 0.15) is 5.82 Å². The van der Waals surface area contributed by atoms with Crippen LogP contribution in [-0.2, 0) is 11.2 Å². The first-order valence-electron chi connectivity index (χ1n) is 5.77. The van der Waals surface area contributed by atoms with Gasteiger partial charge < -0.3 is 15.2 Å². The SMILES string of the molecule is COCC(O)CNC(C)Cc1ccccc1F. The highest BCUT2D eigenvalue weighted by Gasteiger charge is 2.09. The lowest BCUT2D eigenvalue weighted by Crippen LogP contribution is -2.37. The molecule has 3 nitrogen and oxygen atoms in total. The van der Waals surface area contributed by atoms with Gasteiger partial charge in [0.2, 0.25) is 0 Å². The molecule has 0 aromatic heterocycles. The van der Waals surface area contributed by atoms with E-state index >= 15 is 0 Å². The van der Waals surface area contributed by atoms with Gasteiger partial charge in [-0.25, -0.2) is 4.39 Å². The molecule has 0 bridgehead atoms. The van der Waals surface area contributed by atoms with Crippen molar-refractivity contribution in [3.05, 3.63) is 35.6 Å². The van der Waals surface area contributed by atoms with Gasteiger partial charge in [-0.1, -0.05) is 18.2 Å². The summed E-state index contributed by atoms with van der Waals surface area (Å²) in [7, 11) is 1.55. The van der Waals surface area contributed by atoms with Crippen molar-refractivity contribution >= 4 is 0 Å². The molecule has 1 rings (SSSR count). The summed E-state index contributed by atoms with van der Waals surface area (Å²) < 4.78 is 18.2. The average molecular weight is 241 g/mol. The Morgan fingerprint density at radius 3 is 2.76 bits per heavy atom. The second-order valence-corrected chi connectivity index (χ2v) is 4.21. The van der Waals surface area contributed by atoms with Crippen LogP contribution in [-0.4, -0.2) is 37.5 Å². The third kappa shape index (κ3) is 5.26. The van der Waals surface area contributed by atoms with Gasteiger partial charge in [0, 0.05) is 19.7 Å². The van der Waals surface area contributed by atoms with Gasteiger partial charge in [0.25, 0.3) is 0 Å². The Labute approximate surface area is 102 Å². The van der Waals surface area contributed by atoms with E-state index in [1.165, 1.54) is 6.07 Å². The molecule has 96 valence electrons. The average Bonchev–Trinajstić information content (AvgIpc) is 2.30. The molecule has 0 saturated carbocycles. The lowest BCUT2D eigenvalue weighted by molar-refractivity contribution is 0.0630. The fraction of sp³-hybridized carbons (Fsp3) is 0.538. The molecule has 0 spiro atoms. The summed E-state index contributed by atoms with van der Waals surface area (Å²) >= 11 is 0. The first kappa shape index (κ1) is 14.1. The standard InChI is InChI=1S/C13H20FNO2/c1-10(15-8-12(16)9-17-2)7-11-5-3-4-6-13(11)14/h3-6,10,12,15-16H,7-9H2,1-2H3. The zero-order valence-electron chi connectivity index (χ0n) is 10.3. The number of aliphatic hydroxyl groups is 1. The van der Waals surface area contributed by atoms with E-state index in [1.54, 1.807) is 19.2 Å². The first-order chi connectivity index (χ1) is 8.13. The third-order valence-electron chi connectivity index (χ3n) is 2.54. The van der Waals surface area contributed by atoms with E-state index in [0.29, 0.717) is 25.1 Å². The normalized spacial score (nSPS) is 14.6. The van der Waals surface area contributed by atoms with E-state index in [-0.39, 0.29) is 11.9 Å². The highest BCUT2D eigenvalue weighted by Crippen LogP contribution is 2.08. The monoisotopic (exact) mass is 241 g/mol. The van der Waals surface area contributed by atoms with Crippen molar-refractivity contribution in [1.29, 1.82) is 0 Å². The molecular weight excluding hydrogens is 221 g/mol. The Morgan fingerprint density at radius 2 is 2.12 bits per heavy atom. The summed E-state index contributed by atoms with van der Waals surface area (Å²) in [6.45, 7) is 2.72. The van der Waals surface area contributed by atoms with Gasteiger partial charge in [0.15, 0.2) is 0 Å². The smallest absolute Gasteiger partial charge is 0.126 e. The van der Waals surface area contributed by atoms with Crippen LogP contribution in [0.2, 0.25) is 0 Å². The fourth-order valence-electron chi connectivity index (χ4n) is 1.65. The molecule has 0 aliphatic rings. The molecule has 2 N–H and O–H groups in total. The third-order valence-corrected chi connectivity index (χ3v) is 2.54. The zero-order chi connectivity index (χ0) is 12.7. The maximum atomic E-state index is 13.4. The van der Waals surface area contributed by atoms with Crippen molar-refractivity contribution in [1.82, 2.24) is 5.32 Å². The minimum atomic E-state index is -0.525. The van der Waals surface area contributed by atoms with Crippen molar-refractivity contribution in [2.45, 2.75) is 25.5 Å². The molecule has 2 atom stereocenters. The zero-order valence-corrected chi connectivity index (χ0v) is 10.3. The molecule has 0 radical (unpaired) electrons. The summed E-state index contributed by atoms with van der Waals surface area (Å²) in [5.41, 5.74) is 0.689. The maximum Gasteiger partial charge on any atom is 0.126 e. The summed E-state index contributed by atoms with van der Waals surface area (Å²) in [6.07, 6.45) is 0.0786. The molecular formula is C13H20FNO2. The molecule has 17 heavy (non-hydrogen) atoms. The second kappa shape index (κ2) is 7.37. The van der Waals surface area contributed by atoms with E-state index in [2.05, 4.69) is 5.32 Å². The number of aliphatic hydroxyl groups excluding tert-OH is 1. The number of halogens is 1. The molecule has 1 aromatic rings. The largest absolute Gasteiger partial charge is 0.389 e. The van der Waals surface area contributed by atoms with Crippen LogP contribution >= 0.6 is 0 Å². The lowest BCUT2D eigenvalue weighted by Gasteiger charge is -2.17. The topological polar surface area (TPSA) is 41.5 Å². The Bertz CT molecular complexity index is 333. The quantitative estimate of drug-likeness (QED) is 0.757. The van der Waals surface area contributed by atoms with E-state index in [0.717, 1.165) is 0 Å². The van der Waals surface area contributed by atoms with Crippen LogP contribution in [0.25, 0.3) is 0 Å². The number of methoxy groups -OCH3 is 1. The highest BCUT2D eigenvalue weighted by atomic mass is 19.1. The first-order valence-corrected chi connectivity index (χ1v) is 5.77. The van der Waals surface area contributed by atoms with E-state index in [4.69, 9.17) is 4.74 Å². The van der Waals surface area contributed by atoms with Gasteiger partial charge in [-0.15, -0.1) is 0 Å². The van der Waals surface area contributed by atoms with E-state index < -0.39 is 6.10 Å². The Kier molecular flexibility index (Phi) is 6.11. The van der Waals surface area contributed by atoms with Gasteiger partial charge in [-0.3, -0.25) is 0 Å². The summed E-state index contributed by atoms with van der Waals surface area (Å²) in [5, 5.41) is 12.6. The van der Waals surface area contributed by atoms with Crippen LogP contribution in [0.4, 0.5) is 4.39 Å². The summed E-state index contributed by atoms with van der Waals surface area (Å²) in [6, 6.07) is 6.85. The number of benzene rings is 1. The van der Waals surface area contributed by atoms with E-state index in [1.807, 2.05) is 13.0 Å². The minimum Gasteiger partial charge on any atom is -0.389 e. The predicted octanol–water partition coefficient (Wildman–Crippen LogP) is 1.35. The number of hydrogen-bond donors (Lipinski definition) is 2. The number of rotatable bonds is 7. The van der Waals surface area contributed by atoms with Crippen molar-refractivity contribution in [3.8, 4) is 0 Å². The van der Waals surface area contributed by atoms with E-state index in [9.17, 15) is 9.50 Å². The van der Waals surface area contributed by atoms with Crippen LogP contribution in [0.5, 0.6) is 0 Å². The number of nitrogens with one attached hydrogen (secondary N) is 1. The van der Waals surface area contributed by atoms with Crippen molar-refractivity contribution < 1.29 is 14.2 Å². The van der Waals surface area contributed by atoms with Crippen LogP contribution < -0.4 is 5.32 Å². The number of ether oxygens (including phenoxy) is 1. The van der Waals surface area contributed by atoms with Gasteiger partial charge in [0.05, 0.1) is 12.7 Å².